The molecule has 0 saturated heterocycles. The third kappa shape index (κ3) is 2.68. The number of para-hydroxylation sites is 1. The molecule has 0 unspecified atom stereocenters. The number of nitrogen functional groups attached to an aromatic ring is 1. The molecule has 0 atom stereocenters. The first-order chi connectivity index (χ1) is 9.13. The van der Waals surface area contributed by atoms with E-state index in [1.54, 1.807) is 11.0 Å². The van der Waals surface area contributed by atoms with Crippen molar-refractivity contribution in [1.29, 1.82) is 0 Å². The fourth-order valence-electron chi connectivity index (χ4n) is 1.89. The number of carbonyl (C=O) groups is 1. The molecule has 2 aromatic rings. The number of nitrogens with zero attached hydrogens (tertiary/aromatic N) is 1. The van der Waals surface area contributed by atoms with E-state index in [4.69, 9.17) is 5.73 Å². The number of aromatic hydroxyl groups is 1. The maximum Gasteiger partial charge on any atom is 0.258 e. The van der Waals surface area contributed by atoms with Crippen LogP contribution in [0.15, 0.2) is 48.5 Å². The van der Waals surface area contributed by atoms with Crippen molar-refractivity contribution in [1.82, 2.24) is 0 Å². The molecule has 19 heavy (non-hydrogen) atoms. The average Bonchev–Trinajstić information content (AvgIpc) is 2.44. The standard InChI is InChI=1S/C15H16N2O2/c1-2-17(12-6-4-3-5-7-12)15(19)11-8-9-14(18)13(16)10-11/h3-10,18H,2,16H2,1H3. The summed E-state index contributed by atoms with van der Waals surface area (Å²) < 4.78 is 0. The Balaban J connectivity index is 2.33. The molecule has 2 aromatic carbocycles. The summed E-state index contributed by atoms with van der Waals surface area (Å²) >= 11 is 0. The van der Waals surface area contributed by atoms with Crippen molar-refractivity contribution in [2.24, 2.45) is 0 Å². The Morgan fingerprint density at radius 2 is 1.89 bits per heavy atom. The van der Waals surface area contributed by atoms with Crippen LogP contribution in [0.1, 0.15) is 17.3 Å². The molecule has 0 saturated carbocycles. The van der Waals surface area contributed by atoms with Gasteiger partial charge in [-0.25, -0.2) is 0 Å². The summed E-state index contributed by atoms with van der Waals surface area (Å²) in [5, 5.41) is 9.39. The minimum atomic E-state index is -0.139. The first kappa shape index (κ1) is 13.0. The SMILES string of the molecule is CCN(C(=O)c1ccc(O)c(N)c1)c1ccccc1. The highest BCUT2D eigenvalue weighted by molar-refractivity contribution is 6.06. The van der Waals surface area contributed by atoms with Crippen LogP contribution in [0.3, 0.4) is 0 Å². The quantitative estimate of drug-likeness (QED) is 0.655. The summed E-state index contributed by atoms with van der Waals surface area (Å²) in [4.78, 5) is 14.1. The molecule has 0 aliphatic heterocycles. The van der Waals surface area contributed by atoms with E-state index in [2.05, 4.69) is 0 Å². The summed E-state index contributed by atoms with van der Waals surface area (Å²) in [6.07, 6.45) is 0. The molecule has 0 aliphatic rings. The van der Waals surface area contributed by atoms with Crippen LogP contribution in [0.5, 0.6) is 5.75 Å². The monoisotopic (exact) mass is 256 g/mol. The largest absolute Gasteiger partial charge is 0.506 e. The number of amides is 1. The molecule has 0 aliphatic carbocycles. The second kappa shape index (κ2) is 5.44. The molecule has 0 radical (unpaired) electrons. The van der Waals surface area contributed by atoms with Crippen molar-refractivity contribution < 1.29 is 9.90 Å². The Morgan fingerprint density at radius 1 is 1.21 bits per heavy atom. The first-order valence-electron chi connectivity index (χ1n) is 6.09. The zero-order valence-corrected chi connectivity index (χ0v) is 10.7. The fraction of sp³-hybridized carbons (Fsp3) is 0.133. The number of anilines is 2. The van der Waals surface area contributed by atoms with Crippen LogP contribution in [-0.4, -0.2) is 17.6 Å². The van der Waals surface area contributed by atoms with Crippen molar-refractivity contribution in [3.63, 3.8) is 0 Å². The van der Waals surface area contributed by atoms with Gasteiger partial charge < -0.3 is 15.7 Å². The summed E-state index contributed by atoms with van der Waals surface area (Å²) in [7, 11) is 0. The van der Waals surface area contributed by atoms with Crippen LogP contribution in [-0.2, 0) is 0 Å². The van der Waals surface area contributed by atoms with Crippen molar-refractivity contribution in [3.05, 3.63) is 54.1 Å². The maximum atomic E-state index is 12.4. The van der Waals surface area contributed by atoms with Crippen molar-refractivity contribution >= 4 is 17.3 Å². The minimum Gasteiger partial charge on any atom is -0.506 e. The van der Waals surface area contributed by atoms with Crippen molar-refractivity contribution in [2.75, 3.05) is 17.2 Å². The van der Waals surface area contributed by atoms with Gasteiger partial charge in [-0.1, -0.05) is 18.2 Å². The molecule has 0 aromatic heterocycles. The highest BCUT2D eigenvalue weighted by Crippen LogP contribution is 2.23. The Bertz CT molecular complexity index is 582. The van der Waals surface area contributed by atoms with Gasteiger partial charge in [0.2, 0.25) is 0 Å². The first-order valence-corrected chi connectivity index (χ1v) is 6.09. The van der Waals surface area contributed by atoms with Gasteiger partial charge in [0.1, 0.15) is 5.75 Å². The van der Waals surface area contributed by atoms with Gasteiger partial charge >= 0.3 is 0 Å². The lowest BCUT2D eigenvalue weighted by Crippen LogP contribution is -2.30. The molecule has 0 bridgehead atoms. The zero-order chi connectivity index (χ0) is 13.8. The maximum absolute atomic E-state index is 12.4. The van der Waals surface area contributed by atoms with Crippen LogP contribution in [0, 0.1) is 0 Å². The zero-order valence-electron chi connectivity index (χ0n) is 10.7. The molecule has 0 fully saturated rings. The number of hydrogen-bond donors (Lipinski definition) is 2. The van der Waals surface area contributed by atoms with Gasteiger partial charge in [-0.15, -0.1) is 0 Å². The Kier molecular flexibility index (Phi) is 3.71. The highest BCUT2D eigenvalue weighted by Gasteiger charge is 2.16. The Labute approximate surface area is 112 Å². The Hall–Kier alpha value is -2.49. The molecular formula is C15H16N2O2. The topological polar surface area (TPSA) is 66.6 Å². The van der Waals surface area contributed by atoms with Gasteiger partial charge in [0.05, 0.1) is 5.69 Å². The molecular weight excluding hydrogens is 240 g/mol. The normalized spacial score (nSPS) is 10.2. The molecule has 4 nitrogen and oxygen atoms in total. The van der Waals surface area contributed by atoms with Crippen LogP contribution in [0.25, 0.3) is 0 Å². The predicted octanol–water partition coefficient (Wildman–Crippen LogP) is 2.64. The van der Waals surface area contributed by atoms with Gasteiger partial charge in [-0.3, -0.25) is 4.79 Å². The van der Waals surface area contributed by atoms with Crippen LogP contribution in [0.2, 0.25) is 0 Å². The summed E-state index contributed by atoms with van der Waals surface area (Å²) in [6, 6.07) is 13.9. The van der Waals surface area contributed by atoms with E-state index in [1.165, 1.54) is 12.1 Å². The summed E-state index contributed by atoms with van der Waals surface area (Å²) in [5.74, 6) is -0.153. The lowest BCUT2D eigenvalue weighted by Gasteiger charge is -2.21. The van der Waals surface area contributed by atoms with E-state index in [-0.39, 0.29) is 17.3 Å². The lowest BCUT2D eigenvalue weighted by molar-refractivity contribution is 0.0988. The molecule has 1 amide bonds. The molecule has 2 rings (SSSR count). The highest BCUT2D eigenvalue weighted by atomic mass is 16.3. The minimum absolute atomic E-state index is 0.0145. The molecule has 0 spiro atoms. The third-order valence-corrected chi connectivity index (χ3v) is 2.90. The molecule has 98 valence electrons. The van der Waals surface area contributed by atoms with Crippen LogP contribution < -0.4 is 10.6 Å². The molecule has 3 N–H and O–H groups in total. The van der Waals surface area contributed by atoms with Crippen molar-refractivity contribution in [2.45, 2.75) is 6.92 Å². The predicted molar refractivity (Wildman–Crippen MR) is 76.3 cm³/mol. The lowest BCUT2D eigenvalue weighted by atomic mass is 10.1. The van der Waals surface area contributed by atoms with E-state index in [1.807, 2.05) is 37.3 Å². The third-order valence-electron chi connectivity index (χ3n) is 2.90. The number of benzene rings is 2. The number of nitrogens with two attached hydrogens (primary N) is 1. The van der Waals surface area contributed by atoms with Crippen molar-refractivity contribution in [3.8, 4) is 5.75 Å². The number of carbonyl (C=O) groups excluding carboxylic acids is 1. The van der Waals surface area contributed by atoms with E-state index >= 15 is 0 Å². The van der Waals surface area contributed by atoms with Gasteiger partial charge in [0, 0.05) is 17.8 Å². The van der Waals surface area contributed by atoms with Gasteiger partial charge in [-0.2, -0.15) is 0 Å². The van der Waals surface area contributed by atoms with Gasteiger partial charge in [0.15, 0.2) is 0 Å². The van der Waals surface area contributed by atoms with Crippen LogP contribution in [0.4, 0.5) is 11.4 Å². The van der Waals surface area contributed by atoms with Gasteiger partial charge in [-0.05, 0) is 37.3 Å². The van der Waals surface area contributed by atoms with E-state index in [0.717, 1.165) is 5.69 Å². The van der Waals surface area contributed by atoms with Gasteiger partial charge in [0.25, 0.3) is 5.91 Å². The van der Waals surface area contributed by atoms with E-state index < -0.39 is 0 Å². The van der Waals surface area contributed by atoms with E-state index in [9.17, 15) is 9.90 Å². The number of phenolic OH excluding ortho intramolecular Hbond substituents is 1. The smallest absolute Gasteiger partial charge is 0.258 e. The van der Waals surface area contributed by atoms with E-state index in [0.29, 0.717) is 12.1 Å². The number of hydrogen-bond acceptors (Lipinski definition) is 3. The molecule has 4 heteroatoms. The summed E-state index contributed by atoms with van der Waals surface area (Å²) in [6.45, 7) is 2.47. The molecule has 0 heterocycles. The second-order valence-corrected chi connectivity index (χ2v) is 4.16. The Morgan fingerprint density at radius 3 is 2.47 bits per heavy atom. The number of rotatable bonds is 3. The summed E-state index contributed by atoms with van der Waals surface area (Å²) in [5.41, 5.74) is 7.12. The number of phenols is 1. The fourth-order valence-corrected chi connectivity index (χ4v) is 1.89. The van der Waals surface area contributed by atoms with Crippen LogP contribution >= 0.6 is 0 Å². The average molecular weight is 256 g/mol. The second-order valence-electron chi connectivity index (χ2n) is 4.16.